The number of hydrogen-bond acceptors (Lipinski definition) is 4. The van der Waals surface area contributed by atoms with Crippen LogP contribution in [0.25, 0.3) is 0 Å². The Hall–Kier alpha value is -0.360. The minimum Gasteiger partial charge on any atom is -0.379 e. The number of carbonyl (C=O) groups is 1. The van der Waals surface area contributed by atoms with Crippen molar-refractivity contribution in [2.24, 2.45) is 11.7 Å². The first-order valence-electron chi connectivity index (χ1n) is 7.77. The summed E-state index contributed by atoms with van der Waals surface area (Å²) in [4.78, 5) is 12.3. The van der Waals surface area contributed by atoms with Crippen molar-refractivity contribution in [2.75, 3.05) is 19.8 Å². The van der Waals surface area contributed by atoms with Gasteiger partial charge >= 0.3 is 0 Å². The summed E-state index contributed by atoms with van der Waals surface area (Å²) < 4.78 is 11.0. The van der Waals surface area contributed by atoms with Gasteiger partial charge < -0.3 is 20.5 Å². The Labute approximate surface area is 133 Å². The van der Waals surface area contributed by atoms with Gasteiger partial charge in [-0.25, -0.2) is 0 Å². The third-order valence-corrected chi connectivity index (χ3v) is 4.43. The van der Waals surface area contributed by atoms with Crippen molar-refractivity contribution in [3.8, 4) is 0 Å². The standard InChI is InChI=1S/C15H28N2O3.ClH/c1-11(9-20-12-6-8-19-10-12)17-14(18)13-5-3-4-7-15(13,2)16;/h11-13H,3-10,16H2,1-2H3,(H,17,18);1H. The van der Waals surface area contributed by atoms with Crippen LogP contribution < -0.4 is 11.1 Å². The Morgan fingerprint density at radius 2 is 2.24 bits per heavy atom. The minimum absolute atomic E-state index is 0. The van der Waals surface area contributed by atoms with Gasteiger partial charge in [0.15, 0.2) is 0 Å². The van der Waals surface area contributed by atoms with Gasteiger partial charge in [0.05, 0.1) is 25.2 Å². The van der Waals surface area contributed by atoms with E-state index in [1.807, 2.05) is 13.8 Å². The second-order valence-electron chi connectivity index (χ2n) is 6.53. The average molecular weight is 321 g/mol. The second-order valence-corrected chi connectivity index (χ2v) is 6.53. The molecule has 6 heteroatoms. The quantitative estimate of drug-likeness (QED) is 0.807. The molecule has 0 bridgehead atoms. The monoisotopic (exact) mass is 320 g/mol. The summed E-state index contributed by atoms with van der Waals surface area (Å²) in [6.07, 6.45) is 5.16. The van der Waals surface area contributed by atoms with E-state index >= 15 is 0 Å². The van der Waals surface area contributed by atoms with E-state index in [-0.39, 0.29) is 41.9 Å². The van der Waals surface area contributed by atoms with Crippen LogP contribution in [0.1, 0.15) is 46.0 Å². The normalized spacial score (nSPS) is 34.0. The van der Waals surface area contributed by atoms with Crippen LogP contribution in [-0.4, -0.2) is 43.4 Å². The maximum atomic E-state index is 12.3. The van der Waals surface area contributed by atoms with Crippen LogP contribution in [0.4, 0.5) is 0 Å². The SMILES string of the molecule is CC(COC1CCOC1)NC(=O)C1CCCCC1(C)N.Cl. The lowest BCUT2D eigenvalue weighted by molar-refractivity contribution is -0.129. The molecule has 3 N–H and O–H groups in total. The van der Waals surface area contributed by atoms with Gasteiger partial charge in [0.2, 0.25) is 5.91 Å². The van der Waals surface area contributed by atoms with Gasteiger partial charge in [0.1, 0.15) is 0 Å². The van der Waals surface area contributed by atoms with Gasteiger partial charge in [-0.1, -0.05) is 12.8 Å². The topological polar surface area (TPSA) is 73.6 Å². The van der Waals surface area contributed by atoms with Crippen LogP contribution >= 0.6 is 12.4 Å². The fourth-order valence-corrected chi connectivity index (χ4v) is 3.10. The smallest absolute Gasteiger partial charge is 0.225 e. The van der Waals surface area contributed by atoms with Crippen molar-refractivity contribution in [1.29, 1.82) is 0 Å². The third kappa shape index (κ3) is 5.40. The number of amides is 1. The molecule has 2 rings (SSSR count). The molecule has 0 spiro atoms. The van der Waals surface area contributed by atoms with Crippen molar-refractivity contribution in [2.45, 2.75) is 63.6 Å². The molecule has 2 fully saturated rings. The predicted octanol–water partition coefficient (Wildman–Crippen LogP) is 1.63. The summed E-state index contributed by atoms with van der Waals surface area (Å²) in [5.74, 6) is 0.00184. The van der Waals surface area contributed by atoms with E-state index in [9.17, 15) is 4.79 Å². The van der Waals surface area contributed by atoms with E-state index in [4.69, 9.17) is 15.2 Å². The molecule has 1 aliphatic carbocycles. The number of rotatable bonds is 5. The van der Waals surface area contributed by atoms with Crippen LogP contribution in [-0.2, 0) is 14.3 Å². The molecule has 5 nitrogen and oxygen atoms in total. The molecule has 0 aromatic rings. The largest absolute Gasteiger partial charge is 0.379 e. The van der Waals surface area contributed by atoms with Crippen molar-refractivity contribution < 1.29 is 14.3 Å². The highest BCUT2D eigenvalue weighted by molar-refractivity contribution is 5.85. The molecule has 1 saturated carbocycles. The first kappa shape index (κ1) is 18.7. The molecule has 4 atom stereocenters. The minimum atomic E-state index is -0.373. The zero-order chi connectivity index (χ0) is 14.6. The Kier molecular flexibility index (Phi) is 7.40. The van der Waals surface area contributed by atoms with E-state index in [2.05, 4.69) is 5.32 Å². The van der Waals surface area contributed by atoms with Crippen molar-refractivity contribution >= 4 is 18.3 Å². The molecule has 0 radical (unpaired) electrons. The van der Waals surface area contributed by atoms with Gasteiger partial charge in [-0.2, -0.15) is 0 Å². The highest BCUT2D eigenvalue weighted by Gasteiger charge is 2.38. The molecule has 2 aliphatic rings. The number of hydrogen-bond donors (Lipinski definition) is 2. The lowest BCUT2D eigenvalue weighted by Gasteiger charge is -2.37. The molecular formula is C15H29ClN2O3. The Bertz CT molecular complexity index is 333. The first-order valence-corrected chi connectivity index (χ1v) is 7.77. The molecule has 1 aliphatic heterocycles. The fraction of sp³-hybridized carbons (Fsp3) is 0.933. The third-order valence-electron chi connectivity index (χ3n) is 4.43. The van der Waals surface area contributed by atoms with E-state index in [1.165, 1.54) is 0 Å². The molecule has 0 aromatic heterocycles. The average Bonchev–Trinajstić information content (AvgIpc) is 2.88. The van der Waals surface area contributed by atoms with Crippen LogP contribution in [0, 0.1) is 5.92 Å². The van der Waals surface area contributed by atoms with Crippen LogP contribution in [0.5, 0.6) is 0 Å². The maximum Gasteiger partial charge on any atom is 0.225 e. The summed E-state index contributed by atoms with van der Waals surface area (Å²) in [6.45, 7) is 5.95. The summed E-state index contributed by atoms with van der Waals surface area (Å²) in [5.41, 5.74) is 5.89. The lowest BCUT2D eigenvalue weighted by atomic mass is 9.74. The zero-order valence-corrected chi connectivity index (χ0v) is 13.9. The fourth-order valence-electron chi connectivity index (χ4n) is 3.10. The van der Waals surface area contributed by atoms with Gasteiger partial charge in [0, 0.05) is 18.2 Å². The molecule has 21 heavy (non-hydrogen) atoms. The molecule has 124 valence electrons. The molecule has 0 aromatic carbocycles. The maximum absolute atomic E-state index is 12.3. The second kappa shape index (κ2) is 8.32. The summed E-state index contributed by atoms with van der Waals surface area (Å²) in [5, 5.41) is 3.04. The first-order chi connectivity index (χ1) is 9.49. The van der Waals surface area contributed by atoms with Crippen LogP contribution in [0.2, 0.25) is 0 Å². The van der Waals surface area contributed by atoms with Gasteiger partial charge in [0.25, 0.3) is 0 Å². The molecule has 1 saturated heterocycles. The van der Waals surface area contributed by atoms with Crippen molar-refractivity contribution in [1.82, 2.24) is 5.32 Å². The van der Waals surface area contributed by atoms with E-state index in [0.717, 1.165) is 38.7 Å². The number of halogens is 1. The Morgan fingerprint density at radius 1 is 1.48 bits per heavy atom. The van der Waals surface area contributed by atoms with Crippen molar-refractivity contribution in [3.63, 3.8) is 0 Å². The summed E-state index contributed by atoms with van der Waals surface area (Å²) >= 11 is 0. The van der Waals surface area contributed by atoms with Gasteiger partial charge in [-0.15, -0.1) is 12.4 Å². The van der Waals surface area contributed by atoms with Gasteiger partial charge in [-0.05, 0) is 33.1 Å². The Balaban J connectivity index is 0.00000220. The zero-order valence-electron chi connectivity index (χ0n) is 13.1. The van der Waals surface area contributed by atoms with Crippen molar-refractivity contribution in [3.05, 3.63) is 0 Å². The number of nitrogens with two attached hydrogens (primary N) is 1. The van der Waals surface area contributed by atoms with Crippen LogP contribution in [0.15, 0.2) is 0 Å². The highest BCUT2D eigenvalue weighted by atomic mass is 35.5. The molecule has 1 amide bonds. The summed E-state index contributed by atoms with van der Waals surface area (Å²) in [7, 11) is 0. The predicted molar refractivity (Wildman–Crippen MR) is 84.6 cm³/mol. The molecular weight excluding hydrogens is 292 g/mol. The highest BCUT2D eigenvalue weighted by Crippen LogP contribution is 2.31. The van der Waals surface area contributed by atoms with Gasteiger partial charge in [-0.3, -0.25) is 4.79 Å². The number of carbonyl (C=O) groups excluding carboxylic acids is 1. The van der Waals surface area contributed by atoms with E-state index in [0.29, 0.717) is 13.2 Å². The Morgan fingerprint density at radius 3 is 2.86 bits per heavy atom. The number of nitrogens with one attached hydrogen (secondary N) is 1. The molecule has 1 heterocycles. The lowest BCUT2D eigenvalue weighted by Crippen LogP contribution is -2.54. The van der Waals surface area contributed by atoms with E-state index < -0.39 is 0 Å². The molecule has 4 unspecified atom stereocenters. The number of ether oxygens (including phenoxy) is 2. The van der Waals surface area contributed by atoms with E-state index in [1.54, 1.807) is 0 Å². The summed E-state index contributed by atoms with van der Waals surface area (Å²) in [6, 6.07) is 0.0147. The van der Waals surface area contributed by atoms with Crippen LogP contribution in [0.3, 0.4) is 0 Å².